The second-order valence-electron chi connectivity index (χ2n) is 5.10. The van der Waals surface area contributed by atoms with Crippen LogP contribution in [0.25, 0.3) is 0 Å². The van der Waals surface area contributed by atoms with E-state index in [0.717, 1.165) is 36.6 Å². The minimum atomic E-state index is -0.0716. The van der Waals surface area contributed by atoms with E-state index >= 15 is 0 Å². The largest absolute Gasteiger partial charge is 0.497 e. The Morgan fingerprint density at radius 2 is 1.90 bits per heavy atom. The summed E-state index contributed by atoms with van der Waals surface area (Å²) in [5, 5.41) is -0.0716. The van der Waals surface area contributed by atoms with Gasteiger partial charge in [-0.15, -0.1) is 24.2 Å². The Morgan fingerprint density at radius 1 is 1.33 bits per heavy atom. The van der Waals surface area contributed by atoms with E-state index in [-0.39, 0.29) is 29.6 Å². The maximum absolute atomic E-state index is 12.4. The number of rotatable bonds is 4. The maximum Gasteiger partial charge on any atom is 0.235 e. The first-order chi connectivity index (χ1) is 9.60. The van der Waals surface area contributed by atoms with E-state index < -0.39 is 0 Å². The molecule has 0 saturated carbocycles. The number of benzene rings is 1. The van der Waals surface area contributed by atoms with Gasteiger partial charge in [0, 0.05) is 24.0 Å². The molecule has 6 heteroatoms. The normalized spacial score (nSPS) is 17.0. The second kappa shape index (κ2) is 8.51. The molecule has 0 aromatic heterocycles. The molecule has 2 N–H and O–H groups in total. The number of carbonyl (C=O) groups is 1. The summed E-state index contributed by atoms with van der Waals surface area (Å²) in [6.07, 6.45) is 1.82. The fourth-order valence-corrected chi connectivity index (χ4v) is 3.24. The number of ether oxygens (including phenoxy) is 1. The number of nitrogens with zero attached hydrogens (tertiary/aromatic N) is 1. The molecule has 21 heavy (non-hydrogen) atoms. The number of halogens is 1. The first kappa shape index (κ1) is 18.1. The van der Waals surface area contributed by atoms with Crippen LogP contribution in [0.15, 0.2) is 29.2 Å². The van der Waals surface area contributed by atoms with Crippen LogP contribution in [0.4, 0.5) is 0 Å². The molecule has 4 nitrogen and oxygen atoms in total. The van der Waals surface area contributed by atoms with Crippen LogP contribution in [-0.2, 0) is 4.79 Å². The zero-order valence-electron chi connectivity index (χ0n) is 12.5. The summed E-state index contributed by atoms with van der Waals surface area (Å²) in [7, 11) is 1.65. The number of piperidine rings is 1. The molecule has 1 saturated heterocycles. The molecular formula is C15H23ClN2O2S. The van der Waals surface area contributed by atoms with E-state index in [1.165, 1.54) is 0 Å². The Bertz CT molecular complexity index is 447. The van der Waals surface area contributed by atoms with Gasteiger partial charge in [0.05, 0.1) is 12.4 Å². The summed E-state index contributed by atoms with van der Waals surface area (Å²) in [5.74, 6) is 1.04. The molecule has 1 aromatic rings. The average Bonchev–Trinajstić information content (AvgIpc) is 2.48. The lowest BCUT2D eigenvalue weighted by molar-refractivity contribution is -0.131. The van der Waals surface area contributed by atoms with E-state index in [9.17, 15) is 4.79 Å². The van der Waals surface area contributed by atoms with Crippen molar-refractivity contribution in [2.45, 2.75) is 36.0 Å². The Labute approximate surface area is 136 Å². The van der Waals surface area contributed by atoms with Crippen molar-refractivity contribution in [3.63, 3.8) is 0 Å². The first-order valence-electron chi connectivity index (χ1n) is 6.95. The van der Waals surface area contributed by atoms with E-state index in [2.05, 4.69) is 0 Å². The number of methoxy groups -OCH3 is 1. The highest BCUT2D eigenvalue weighted by atomic mass is 35.5. The SMILES string of the molecule is COc1ccc(SC(C)C(=O)N2CCC(N)CC2)cc1.Cl. The van der Waals surface area contributed by atoms with Crippen LogP contribution in [0.3, 0.4) is 0 Å². The lowest BCUT2D eigenvalue weighted by Crippen LogP contribution is -2.45. The van der Waals surface area contributed by atoms with Crippen molar-refractivity contribution >= 4 is 30.1 Å². The lowest BCUT2D eigenvalue weighted by Gasteiger charge is -2.31. The van der Waals surface area contributed by atoms with Gasteiger partial charge >= 0.3 is 0 Å². The van der Waals surface area contributed by atoms with Crippen molar-refractivity contribution in [1.29, 1.82) is 0 Å². The molecule has 0 bridgehead atoms. The average molecular weight is 331 g/mol. The van der Waals surface area contributed by atoms with E-state index in [0.29, 0.717) is 0 Å². The molecule has 1 fully saturated rings. The Hall–Kier alpha value is -0.910. The molecule has 2 rings (SSSR count). The molecule has 0 aliphatic carbocycles. The van der Waals surface area contributed by atoms with Crippen LogP contribution in [-0.4, -0.2) is 42.3 Å². The summed E-state index contributed by atoms with van der Waals surface area (Å²) in [6.45, 7) is 3.53. The number of hydrogen-bond acceptors (Lipinski definition) is 4. The monoisotopic (exact) mass is 330 g/mol. The molecular weight excluding hydrogens is 308 g/mol. The Kier molecular flexibility index (Phi) is 7.35. The van der Waals surface area contributed by atoms with Crippen LogP contribution >= 0.6 is 24.2 Å². The number of carbonyl (C=O) groups excluding carboxylic acids is 1. The van der Waals surface area contributed by atoms with Gasteiger partial charge < -0.3 is 15.4 Å². The molecule has 0 radical (unpaired) electrons. The van der Waals surface area contributed by atoms with Gasteiger partial charge in [-0.3, -0.25) is 4.79 Å². The predicted octanol–water partition coefficient (Wildman–Crippen LogP) is 2.55. The molecule has 1 aromatic carbocycles. The maximum atomic E-state index is 12.4. The molecule has 1 amide bonds. The van der Waals surface area contributed by atoms with E-state index in [1.807, 2.05) is 36.1 Å². The highest BCUT2D eigenvalue weighted by molar-refractivity contribution is 8.00. The molecule has 1 heterocycles. The number of hydrogen-bond donors (Lipinski definition) is 1. The summed E-state index contributed by atoms with van der Waals surface area (Å²) in [4.78, 5) is 15.4. The van der Waals surface area contributed by atoms with Gasteiger partial charge in [-0.25, -0.2) is 0 Å². The first-order valence-corrected chi connectivity index (χ1v) is 7.83. The molecule has 1 aliphatic rings. The van der Waals surface area contributed by atoms with Crippen LogP contribution < -0.4 is 10.5 Å². The molecule has 118 valence electrons. The van der Waals surface area contributed by atoms with Crippen molar-refractivity contribution in [3.05, 3.63) is 24.3 Å². The minimum absolute atomic E-state index is 0. The standard InChI is InChI=1S/C15H22N2O2S.ClH/c1-11(15(18)17-9-7-12(16)8-10-17)20-14-5-3-13(19-2)4-6-14;/h3-6,11-12H,7-10,16H2,1-2H3;1H. The van der Waals surface area contributed by atoms with Crippen LogP contribution in [0, 0.1) is 0 Å². The molecule has 1 aliphatic heterocycles. The Balaban J connectivity index is 0.00000220. The zero-order chi connectivity index (χ0) is 14.5. The van der Waals surface area contributed by atoms with Gasteiger partial charge in [-0.1, -0.05) is 0 Å². The van der Waals surface area contributed by atoms with Gasteiger partial charge in [0.1, 0.15) is 5.75 Å². The number of nitrogens with two attached hydrogens (primary N) is 1. The summed E-state index contributed by atoms with van der Waals surface area (Å²) in [5.41, 5.74) is 5.87. The fraction of sp³-hybridized carbons (Fsp3) is 0.533. The quantitative estimate of drug-likeness (QED) is 0.862. The summed E-state index contributed by atoms with van der Waals surface area (Å²) in [6, 6.07) is 8.06. The summed E-state index contributed by atoms with van der Waals surface area (Å²) >= 11 is 1.59. The third-order valence-electron chi connectivity index (χ3n) is 3.57. The van der Waals surface area contributed by atoms with E-state index in [4.69, 9.17) is 10.5 Å². The third-order valence-corrected chi connectivity index (χ3v) is 4.67. The zero-order valence-corrected chi connectivity index (χ0v) is 14.1. The van der Waals surface area contributed by atoms with Gasteiger partial charge in [0.2, 0.25) is 5.91 Å². The number of thioether (sulfide) groups is 1. The van der Waals surface area contributed by atoms with Crippen molar-refractivity contribution < 1.29 is 9.53 Å². The topological polar surface area (TPSA) is 55.6 Å². The Morgan fingerprint density at radius 3 is 2.43 bits per heavy atom. The second-order valence-corrected chi connectivity index (χ2v) is 6.51. The highest BCUT2D eigenvalue weighted by Gasteiger charge is 2.25. The van der Waals surface area contributed by atoms with Crippen molar-refractivity contribution in [2.75, 3.05) is 20.2 Å². The third kappa shape index (κ3) is 5.09. The van der Waals surface area contributed by atoms with Crippen molar-refractivity contribution in [3.8, 4) is 5.75 Å². The van der Waals surface area contributed by atoms with Gasteiger partial charge in [-0.2, -0.15) is 0 Å². The van der Waals surface area contributed by atoms with E-state index in [1.54, 1.807) is 18.9 Å². The molecule has 1 unspecified atom stereocenters. The predicted molar refractivity (Wildman–Crippen MR) is 89.4 cm³/mol. The van der Waals surface area contributed by atoms with Crippen molar-refractivity contribution in [2.24, 2.45) is 5.73 Å². The highest BCUT2D eigenvalue weighted by Crippen LogP contribution is 2.27. The molecule has 1 atom stereocenters. The minimum Gasteiger partial charge on any atom is -0.497 e. The van der Waals surface area contributed by atoms with Gasteiger partial charge in [0.25, 0.3) is 0 Å². The fourth-order valence-electron chi connectivity index (χ4n) is 2.29. The number of likely N-dealkylation sites (tertiary alicyclic amines) is 1. The molecule has 0 spiro atoms. The van der Waals surface area contributed by atoms with Gasteiger partial charge in [-0.05, 0) is 44.0 Å². The number of amides is 1. The van der Waals surface area contributed by atoms with Crippen LogP contribution in [0.2, 0.25) is 0 Å². The van der Waals surface area contributed by atoms with Gasteiger partial charge in [0.15, 0.2) is 0 Å². The van der Waals surface area contributed by atoms with Crippen molar-refractivity contribution in [1.82, 2.24) is 4.90 Å². The van der Waals surface area contributed by atoms with Crippen LogP contribution in [0.5, 0.6) is 5.75 Å². The summed E-state index contributed by atoms with van der Waals surface area (Å²) < 4.78 is 5.13. The smallest absolute Gasteiger partial charge is 0.235 e. The van der Waals surface area contributed by atoms with Crippen LogP contribution in [0.1, 0.15) is 19.8 Å². The lowest BCUT2D eigenvalue weighted by atomic mass is 10.1.